The van der Waals surface area contributed by atoms with E-state index >= 15 is 0 Å². The van der Waals surface area contributed by atoms with Crippen LogP contribution in [0.5, 0.6) is 5.75 Å². The Kier molecular flexibility index (Phi) is 25.0. The molecule has 352 valence electrons. The van der Waals surface area contributed by atoms with Gasteiger partial charge in [-0.15, -0.1) is 0 Å². The van der Waals surface area contributed by atoms with Crippen LogP contribution >= 0.6 is 0 Å². The van der Waals surface area contributed by atoms with Crippen molar-refractivity contribution in [2.75, 3.05) is 46.1 Å². The average molecular weight is 918 g/mol. The molecule has 0 saturated carbocycles. The second kappa shape index (κ2) is 29.2. The van der Waals surface area contributed by atoms with Crippen molar-refractivity contribution in [2.45, 2.75) is 43.7 Å². The molecule has 13 N–H and O–H groups in total. The van der Waals surface area contributed by atoms with Gasteiger partial charge in [-0.1, -0.05) is 72.8 Å². The predicted octanol–water partition coefficient (Wildman–Crippen LogP) is 2.29. The molecule has 0 bridgehead atoms. The van der Waals surface area contributed by atoms with Gasteiger partial charge >= 0.3 is 30.3 Å². The number of ether oxygens (including phenoxy) is 2. The molecule has 0 heterocycles. The lowest BCUT2D eigenvalue weighted by atomic mass is 9.90. The normalized spacial score (nSPS) is 11.6. The minimum absolute atomic E-state index is 0.00872. The molecule has 4 amide bonds. The van der Waals surface area contributed by atoms with Crippen LogP contribution in [0, 0.1) is 0 Å². The monoisotopic (exact) mass is 917 g/mol. The van der Waals surface area contributed by atoms with Crippen molar-refractivity contribution in [1.82, 2.24) is 21.3 Å². The van der Waals surface area contributed by atoms with Crippen LogP contribution in [0.25, 0.3) is 0 Å². The van der Waals surface area contributed by atoms with E-state index in [1.165, 1.54) is 12.1 Å². The number of urea groups is 1. The fourth-order valence-electron chi connectivity index (χ4n) is 4.73. The smallest absolute Gasteiger partial charge is 0.490 e. The van der Waals surface area contributed by atoms with Crippen LogP contribution in [0.15, 0.2) is 94.9 Å². The number of carbonyl (C=O) groups is 5. The number of amides is 4. The summed E-state index contributed by atoms with van der Waals surface area (Å²) in [6, 6.07) is 23.8. The van der Waals surface area contributed by atoms with E-state index in [0.717, 1.165) is 16.7 Å². The van der Waals surface area contributed by atoms with Crippen molar-refractivity contribution in [1.29, 1.82) is 0 Å². The number of phenols is 1. The molecule has 3 rings (SSSR count). The number of rotatable bonds is 20. The zero-order chi connectivity index (χ0) is 48.1. The number of aliphatic carboxylic acids is 2. The van der Waals surface area contributed by atoms with Gasteiger partial charge in [0.2, 0.25) is 11.8 Å². The second-order valence-electron chi connectivity index (χ2n) is 12.6. The van der Waals surface area contributed by atoms with Crippen molar-refractivity contribution in [3.05, 3.63) is 102 Å². The summed E-state index contributed by atoms with van der Waals surface area (Å²) in [7, 11) is 0. The lowest BCUT2D eigenvalue weighted by Crippen LogP contribution is -2.48. The quantitative estimate of drug-likeness (QED) is 0.0337. The minimum atomic E-state index is -5.08. The third kappa shape index (κ3) is 24.9. The second-order valence-corrected chi connectivity index (χ2v) is 12.6. The summed E-state index contributed by atoms with van der Waals surface area (Å²) in [5.74, 6) is -6.82. The van der Waals surface area contributed by atoms with Gasteiger partial charge in [0.1, 0.15) is 11.8 Å². The molecule has 0 aromatic heterocycles. The van der Waals surface area contributed by atoms with Gasteiger partial charge in [-0.25, -0.2) is 14.4 Å². The molecular weight excluding hydrogens is 868 g/mol. The molecule has 0 aliphatic carbocycles. The number of carbonyl (C=O) groups excluding carboxylic acids is 3. The Balaban J connectivity index is 0.00000126. The SMILES string of the molecule is NC(N)=NCCOCCOCCNC(=O)NC(N)=NCCC[C@@H](NC(=O)C(c1ccccc1)c1ccccc1)C(=O)NCc1ccc(O)cc1.O=C(O)C(F)(F)F.O=C(O)C(F)(F)F. The lowest BCUT2D eigenvalue weighted by molar-refractivity contribution is -0.193. The highest BCUT2D eigenvalue weighted by molar-refractivity contribution is 5.95. The highest BCUT2D eigenvalue weighted by Crippen LogP contribution is 2.25. The number of benzene rings is 3. The number of carboxylic acid groups (broad SMARTS) is 2. The number of nitrogens with one attached hydrogen (secondary N) is 4. The Morgan fingerprint density at radius 1 is 0.656 bits per heavy atom. The molecule has 0 spiro atoms. The number of hydrogen-bond acceptors (Lipinski definition) is 10. The molecule has 3 aromatic carbocycles. The van der Waals surface area contributed by atoms with Crippen molar-refractivity contribution in [3.63, 3.8) is 0 Å². The topological polar surface area (TPSA) is 315 Å². The van der Waals surface area contributed by atoms with Crippen molar-refractivity contribution in [2.24, 2.45) is 27.2 Å². The highest BCUT2D eigenvalue weighted by Gasteiger charge is 2.39. The van der Waals surface area contributed by atoms with Crippen LogP contribution in [0.1, 0.15) is 35.4 Å². The van der Waals surface area contributed by atoms with Crippen LogP contribution in [-0.2, 0) is 35.2 Å². The number of hydrogen-bond donors (Lipinski definition) is 10. The summed E-state index contributed by atoms with van der Waals surface area (Å²) in [4.78, 5) is 65.2. The summed E-state index contributed by atoms with van der Waals surface area (Å²) < 4.78 is 74.2. The summed E-state index contributed by atoms with van der Waals surface area (Å²) in [5, 5.41) is 34.7. The Bertz CT molecular complexity index is 1870. The minimum Gasteiger partial charge on any atom is -0.508 e. The number of guanidine groups is 2. The molecule has 3 aromatic rings. The molecule has 1 atom stereocenters. The Labute approximate surface area is 362 Å². The van der Waals surface area contributed by atoms with Gasteiger partial charge in [0, 0.05) is 19.6 Å². The zero-order valence-electron chi connectivity index (χ0n) is 33.9. The number of nitrogens with two attached hydrogens (primary N) is 3. The van der Waals surface area contributed by atoms with Crippen LogP contribution in [0.3, 0.4) is 0 Å². The molecule has 19 nitrogen and oxygen atoms in total. The van der Waals surface area contributed by atoms with E-state index in [-0.39, 0.29) is 62.1 Å². The lowest BCUT2D eigenvalue weighted by Gasteiger charge is -2.23. The van der Waals surface area contributed by atoms with Crippen molar-refractivity contribution < 1.29 is 75.1 Å². The van der Waals surface area contributed by atoms with Crippen LogP contribution < -0.4 is 38.5 Å². The van der Waals surface area contributed by atoms with E-state index in [2.05, 4.69) is 31.3 Å². The van der Waals surface area contributed by atoms with Gasteiger partial charge in [0.25, 0.3) is 0 Å². The van der Waals surface area contributed by atoms with Crippen LogP contribution in [0.2, 0.25) is 0 Å². The van der Waals surface area contributed by atoms with Gasteiger partial charge < -0.3 is 57.9 Å². The van der Waals surface area contributed by atoms with Crippen LogP contribution in [0.4, 0.5) is 31.1 Å². The number of alkyl halides is 6. The Morgan fingerprint density at radius 3 is 1.64 bits per heavy atom. The molecule has 25 heteroatoms. The van der Waals surface area contributed by atoms with Gasteiger partial charge in [-0.3, -0.25) is 24.9 Å². The molecule has 0 aliphatic heterocycles. The molecule has 64 heavy (non-hydrogen) atoms. The Morgan fingerprint density at radius 2 is 1.16 bits per heavy atom. The summed E-state index contributed by atoms with van der Waals surface area (Å²) in [5.41, 5.74) is 18.7. The van der Waals surface area contributed by atoms with E-state index in [4.69, 9.17) is 46.5 Å². The van der Waals surface area contributed by atoms with E-state index in [0.29, 0.717) is 32.8 Å². The fraction of sp³-hybridized carbons (Fsp3) is 0.359. The molecule has 0 aliphatic rings. The van der Waals surface area contributed by atoms with Gasteiger partial charge in [-0.2, -0.15) is 26.3 Å². The average Bonchev–Trinajstić information content (AvgIpc) is 3.22. The number of carboxylic acids is 2. The fourth-order valence-corrected chi connectivity index (χ4v) is 4.73. The first-order valence-electron chi connectivity index (χ1n) is 18.7. The first-order chi connectivity index (χ1) is 30.1. The largest absolute Gasteiger partial charge is 0.508 e. The van der Waals surface area contributed by atoms with Crippen LogP contribution in [-0.4, -0.2) is 121 Å². The maximum Gasteiger partial charge on any atom is 0.490 e. The summed E-state index contributed by atoms with van der Waals surface area (Å²) >= 11 is 0. The maximum absolute atomic E-state index is 13.8. The van der Waals surface area contributed by atoms with Gasteiger partial charge in [0.15, 0.2) is 11.9 Å². The molecule has 0 fully saturated rings. The van der Waals surface area contributed by atoms with Crippen molar-refractivity contribution >= 4 is 41.7 Å². The maximum atomic E-state index is 13.8. The standard InChI is InChI=1S/C35H47N9O6.2C2HF3O2/c36-33(37)39-18-20-49-22-23-50-21-19-41-35(48)44-34(38)40-17-7-12-29(31(46)42-24-25-13-15-28(45)16-14-25)43-32(47)30(26-8-3-1-4-9-26)27-10-5-2-6-11-27;2*3-2(4,5)1(6)7/h1-6,8-11,13-16,29-30,45H,7,12,17-24H2,(H,42,46)(H,43,47)(H4,36,37,39)(H4,38,40,41,44,48);2*(H,6,7)/t29-;;/m1../s1. The number of phenolic OH excluding ortho intramolecular Hbond substituents is 1. The molecular formula is C39H49F6N9O10. The third-order valence-electron chi connectivity index (χ3n) is 7.66. The van der Waals surface area contributed by atoms with E-state index in [9.17, 15) is 45.8 Å². The number of nitrogens with zero attached hydrogens (tertiary/aromatic N) is 2. The molecule has 0 radical (unpaired) electrons. The first kappa shape index (κ1) is 54.9. The molecule has 0 unspecified atom stereocenters. The van der Waals surface area contributed by atoms with Gasteiger partial charge in [0.05, 0.1) is 38.9 Å². The number of aliphatic imine (C=N–C) groups is 2. The van der Waals surface area contributed by atoms with E-state index in [1.807, 2.05) is 60.7 Å². The van der Waals surface area contributed by atoms with Crippen molar-refractivity contribution in [3.8, 4) is 5.75 Å². The number of halogens is 6. The predicted molar refractivity (Wildman–Crippen MR) is 219 cm³/mol. The van der Waals surface area contributed by atoms with E-state index < -0.39 is 42.3 Å². The number of aromatic hydroxyl groups is 1. The third-order valence-corrected chi connectivity index (χ3v) is 7.66. The first-order valence-corrected chi connectivity index (χ1v) is 18.7. The zero-order valence-corrected chi connectivity index (χ0v) is 33.9. The van der Waals surface area contributed by atoms with Gasteiger partial charge in [-0.05, 0) is 41.7 Å². The summed E-state index contributed by atoms with van der Waals surface area (Å²) in [6.45, 7) is 2.33. The van der Waals surface area contributed by atoms with E-state index in [1.54, 1.807) is 12.1 Å². The summed E-state index contributed by atoms with van der Waals surface area (Å²) in [6.07, 6.45) is -9.54. The highest BCUT2D eigenvalue weighted by atomic mass is 19.4. The molecule has 0 saturated heterocycles. The Hall–Kier alpha value is -7.15.